The van der Waals surface area contributed by atoms with E-state index in [-0.39, 0.29) is 10.8 Å². The van der Waals surface area contributed by atoms with Crippen LogP contribution in [0.15, 0.2) is 58.4 Å². The molecule has 2 N–H and O–H groups in total. The molecule has 0 aliphatic heterocycles. The Morgan fingerprint density at radius 3 is 2.45 bits per heavy atom. The highest BCUT2D eigenvalue weighted by Crippen LogP contribution is 2.39. The largest absolute Gasteiger partial charge is 0.418 e. The van der Waals surface area contributed by atoms with E-state index in [1.54, 1.807) is 22.7 Å². The fourth-order valence-corrected chi connectivity index (χ4v) is 5.15. The molecule has 4 rings (SSSR count). The van der Waals surface area contributed by atoms with Crippen LogP contribution in [0, 0.1) is 0 Å². The van der Waals surface area contributed by atoms with Crippen molar-refractivity contribution in [2.24, 2.45) is 0 Å². The van der Waals surface area contributed by atoms with Gasteiger partial charge in [0.15, 0.2) is 5.16 Å². The molecule has 0 saturated heterocycles. The van der Waals surface area contributed by atoms with Crippen LogP contribution < -0.4 is 5.32 Å². The molecule has 0 fully saturated rings. The molecule has 0 aliphatic rings. The second-order valence-electron chi connectivity index (χ2n) is 6.22. The quantitative estimate of drug-likeness (QED) is 0.274. The predicted molar refractivity (Wildman–Crippen MR) is 121 cm³/mol. The number of anilines is 1. The van der Waals surface area contributed by atoms with Gasteiger partial charge in [-0.3, -0.25) is 4.79 Å². The molecule has 31 heavy (non-hydrogen) atoms. The van der Waals surface area contributed by atoms with E-state index in [4.69, 9.17) is 11.6 Å². The molecule has 4 nitrogen and oxygen atoms in total. The lowest BCUT2D eigenvalue weighted by molar-refractivity contribution is -0.137. The number of imidazole rings is 1. The molecule has 0 spiro atoms. The van der Waals surface area contributed by atoms with Gasteiger partial charge in [-0.25, -0.2) is 4.98 Å². The van der Waals surface area contributed by atoms with Crippen LogP contribution in [0.3, 0.4) is 0 Å². The average Bonchev–Trinajstić information content (AvgIpc) is 3.47. The summed E-state index contributed by atoms with van der Waals surface area (Å²) in [6.07, 6.45) is -4.63. The third-order valence-corrected chi connectivity index (χ3v) is 7.08. The highest BCUT2D eigenvalue weighted by atomic mass is 35.5. The Balaban J connectivity index is 1.52. The Morgan fingerprint density at radius 2 is 1.81 bits per heavy atom. The Hall–Kier alpha value is -2.27. The van der Waals surface area contributed by atoms with E-state index in [9.17, 15) is 18.0 Å². The van der Waals surface area contributed by atoms with Gasteiger partial charge in [-0.1, -0.05) is 41.6 Å². The zero-order valence-corrected chi connectivity index (χ0v) is 18.7. The maximum atomic E-state index is 13.2. The smallest absolute Gasteiger partial charge is 0.332 e. The van der Waals surface area contributed by atoms with Crippen molar-refractivity contribution in [2.45, 2.75) is 11.3 Å². The number of carbonyl (C=O) groups excluding carboxylic acids is 1. The van der Waals surface area contributed by atoms with Crippen LogP contribution >= 0.6 is 46.0 Å². The number of nitrogens with one attached hydrogen (secondary N) is 2. The Bertz CT molecular complexity index is 1140. The third kappa shape index (κ3) is 4.98. The van der Waals surface area contributed by atoms with Gasteiger partial charge >= 0.3 is 6.18 Å². The van der Waals surface area contributed by atoms with Crippen molar-refractivity contribution in [3.63, 3.8) is 0 Å². The van der Waals surface area contributed by atoms with Crippen molar-refractivity contribution in [1.82, 2.24) is 9.97 Å². The molecule has 0 radical (unpaired) electrons. The number of amides is 1. The van der Waals surface area contributed by atoms with Gasteiger partial charge < -0.3 is 10.3 Å². The van der Waals surface area contributed by atoms with E-state index in [1.807, 2.05) is 35.0 Å². The number of hydrogen-bond donors (Lipinski definition) is 2. The van der Waals surface area contributed by atoms with Crippen molar-refractivity contribution in [1.29, 1.82) is 0 Å². The number of nitrogens with zero attached hydrogens (tertiary/aromatic N) is 1. The molecule has 3 heterocycles. The van der Waals surface area contributed by atoms with Gasteiger partial charge in [0.2, 0.25) is 5.91 Å². The summed E-state index contributed by atoms with van der Waals surface area (Å²) >= 11 is 10.1. The number of aromatic amines is 1. The minimum Gasteiger partial charge on any atom is -0.332 e. The zero-order chi connectivity index (χ0) is 22.0. The van der Waals surface area contributed by atoms with E-state index in [2.05, 4.69) is 15.3 Å². The molecular formula is C20H13ClF3N3OS3. The van der Waals surface area contributed by atoms with Crippen molar-refractivity contribution in [2.75, 3.05) is 11.1 Å². The number of aromatic nitrogens is 2. The van der Waals surface area contributed by atoms with Crippen LogP contribution in [0.25, 0.3) is 21.1 Å². The van der Waals surface area contributed by atoms with E-state index in [1.165, 1.54) is 12.1 Å². The van der Waals surface area contributed by atoms with Crippen LogP contribution in [0.1, 0.15) is 5.56 Å². The van der Waals surface area contributed by atoms with Crippen molar-refractivity contribution in [3.8, 4) is 21.1 Å². The number of para-hydroxylation sites is 1. The van der Waals surface area contributed by atoms with Crippen LogP contribution in [0.5, 0.6) is 0 Å². The number of hydrogen-bond acceptors (Lipinski definition) is 5. The molecule has 3 aromatic heterocycles. The number of alkyl halides is 3. The lowest BCUT2D eigenvalue weighted by Gasteiger charge is -2.14. The summed E-state index contributed by atoms with van der Waals surface area (Å²) in [5.74, 6) is -0.751. The molecular weight excluding hydrogens is 487 g/mol. The third-order valence-electron chi connectivity index (χ3n) is 4.13. The number of carbonyl (C=O) groups is 1. The Kier molecular flexibility index (Phi) is 6.42. The second-order valence-corrected chi connectivity index (χ2v) is 9.48. The maximum absolute atomic E-state index is 13.2. The standard InChI is InChI=1S/C20H13ClF3N3OS3/c21-12-5-1-4-11(20(22,23)24)16(12)25-15(28)10-31-19-26-17(13-6-2-8-29-13)18(27-19)14-7-3-9-30-14/h1-9H,10H2,(H,25,28)(H,26,27). The van der Waals surface area contributed by atoms with Gasteiger partial charge in [-0.05, 0) is 35.0 Å². The fraction of sp³-hybridized carbons (Fsp3) is 0.100. The maximum Gasteiger partial charge on any atom is 0.418 e. The second kappa shape index (κ2) is 9.07. The number of benzene rings is 1. The van der Waals surface area contributed by atoms with Crippen molar-refractivity contribution in [3.05, 3.63) is 63.8 Å². The zero-order valence-electron chi connectivity index (χ0n) is 15.5. The molecule has 0 bridgehead atoms. The number of H-pyrrole nitrogens is 1. The Morgan fingerprint density at radius 1 is 1.10 bits per heavy atom. The van der Waals surface area contributed by atoms with Crippen LogP contribution in [0.2, 0.25) is 5.02 Å². The Labute approximate surface area is 192 Å². The van der Waals surface area contributed by atoms with E-state index in [0.29, 0.717) is 5.16 Å². The predicted octanol–water partition coefficient (Wildman–Crippen LogP) is 7.27. The van der Waals surface area contributed by atoms with Crippen molar-refractivity contribution < 1.29 is 18.0 Å². The number of rotatable bonds is 6. The average molecular weight is 500 g/mol. The first-order valence-electron chi connectivity index (χ1n) is 8.79. The van der Waals surface area contributed by atoms with E-state index in [0.717, 1.165) is 39.0 Å². The minimum absolute atomic E-state index is 0.135. The molecule has 0 saturated carbocycles. The summed E-state index contributed by atoms with van der Waals surface area (Å²) in [5.41, 5.74) is 0.174. The van der Waals surface area contributed by atoms with Crippen LogP contribution in [-0.2, 0) is 11.0 Å². The first kappa shape index (κ1) is 21.9. The monoisotopic (exact) mass is 499 g/mol. The van der Waals surface area contributed by atoms with Gasteiger partial charge in [-0.2, -0.15) is 13.2 Å². The first-order valence-corrected chi connectivity index (χ1v) is 11.9. The highest BCUT2D eigenvalue weighted by Gasteiger charge is 2.34. The van der Waals surface area contributed by atoms with Gasteiger partial charge in [-0.15, -0.1) is 22.7 Å². The van der Waals surface area contributed by atoms with Crippen LogP contribution in [0.4, 0.5) is 18.9 Å². The van der Waals surface area contributed by atoms with Gasteiger partial charge in [0.25, 0.3) is 0 Å². The van der Waals surface area contributed by atoms with Crippen molar-refractivity contribution >= 4 is 57.6 Å². The molecule has 160 valence electrons. The normalized spacial score (nSPS) is 11.6. The molecule has 0 unspecified atom stereocenters. The summed E-state index contributed by atoms with van der Waals surface area (Å²) in [4.78, 5) is 22.2. The lowest BCUT2D eigenvalue weighted by atomic mass is 10.1. The molecule has 4 aromatic rings. The van der Waals surface area contributed by atoms with Gasteiger partial charge in [0, 0.05) is 0 Å². The number of halogens is 4. The van der Waals surface area contributed by atoms with Gasteiger partial charge in [0.05, 0.1) is 37.5 Å². The molecule has 0 atom stereocenters. The highest BCUT2D eigenvalue weighted by molar-refractivity contribution is 7.99. The summed E-state index contributed by atoms with van der Waals surface area (Å²) in [7, 11) is 0. The lowest BCUT2D eigenvalue weighted by Crippen LogP contribution is -2.18. The van der Waals surface area contributed by atoms with Crippen LogP contribution in [-0.4, -0.2) is 21.6 Å². The van der Waals surface area contributed by atoms with E-state index < -0.39 is 23.3 Å². The molecule has 0 aliphatic carbocycles. The summed E-state index contributed by atoms with van der Waals surface area (Å²) in [5, 5.41) is 6.51. The molecule has 1 aromatic carbocycles. The summed E-state index contributed by atoms with van der Waals surface area (Å²) in [6.45, 7) is 0. The topological polar surface area (TPSA) is 57.8 Å². The first-order chi connectivity index (χ1) is 14.8. The number of thiophene rings is 2. The molecule has 11 heteroatoms. The van der Waals surface area contributed by atoms with E-state index >= 15 is 0 Å². The SMILES string of the molecule is O=C(CSc1nc(-c2cccs2)c(-c2cccs2)[nH]1)Nc1c(Cl)cccc1C(F)(F)F. The fourth-order valence-electron chi connectivity index (χ4n) is 2.81. The van der Waals surface area contributed by atoms with Gasteiger partial charge in [0.1, 0.15) is 5.69 Å². The molecule has 1 amide bonds. The number of thioether (sulfide) groups is 1. The summed E-state index contributed by atoms with van der Waals surface area (Å²) in [6, 6.07) is 11.1. The minimum atomic E-state index is -4.63. The summed E-state index contributed by atoms with van der Waals surface area (Å²) < 4.78 is 39.7.